The summed E-state index contributed by atoms with van der Waals surface area (Å²) in [5, 5.41) is 0.409. The molecular formula is C13H6Cl2F2O. The minimum Gasteiger partial charge on any atom is -0.298 e. The van der Waals surface area contributed by atoms with Crippen molar-refractivity contribution in [3.63, 3.8) is 0 Å². The molecule has 0 saturated carbocycles. The highest BCUT2D eigenvalue weighted by Crippen LogP contribution is 2.36. The summed E-state index contributed by atoms with van der Waals surface area (Å²) in [7, 11) is 0. The van der Waals surface area contributed by atoms with Crippen molar-refractivity contribution < 1.29 is 13.6 Å². The van der Waals surface area contributed by atoms with E-state index in [-0.39, 0.29) is 10.0 Å². The van der Waals surface area contributed by atoms with Crippen LogP contribution in [0.1, 0.15) is 10.4 Å². The first-order valence-electron chi connectivity index (χ1n) is 4.92. The zero-order valence-electron chi connectivity index (χ0n) is 8.88. The molecule has 0 atom stereocenters. The average Bonchev–Trinajstić information content (AvgIpc) is 2.32. The minimum atomic E-state index is -0.987. The summed E-state index contributed by atoms with van der Waals surface area (Å²) in [6, 6.07) is 6.19. The maximum Gasteiger partial charge on any atom is 0.159 e. The van der Waals surface area contributed by atoms with Gasteiger partial charge in [-0.25, -0.2) is 8.78 Å². The van der Waals surface area contributed by atoms with E-state index in [1.165, 1.54) is 18.2 Å². The average molecular weight is 287 g/mol. The Balaban J connectivity index is 2.63. The van der Waals surface area contributed by atoms with Gasteiger partial charge in [-0.2, -0.15) is 0 Å². The van der Waals surface area contributed by atoms with Crippen LogP contribution in [-0.2, 0) is 0 Å². The van der Waals surface area contributed by atoms with Gasteiger partial charge in [-0.05, 0) is 29.8 Å². The zero-order valence-corrected chi connectivity index (χ0v) is 10.4. The molecule has 0 aliphatic rings. The second-order valence-corrected chi connectivity index (χ2v) is 4.42. The number of benzene rings is 2. The van der Waals surface area contributed by atoms with Gasteiger partial charge in [0.15, 0.2) is 11.6 Å². The fourth-order valence-electron chi connectivity index (χ4n) is 1.59. The van der Waals surface area contributed by atoms with Crippen LogP contribution in [0, 0.1) is 11.6 Å². The summed E-state index contributed by atoms with van der Waals surface area (Å²) >= 11 is 12.0. The van der Waals surface area contributed by atoms with Gasteiger partial charge in [0.05, 0.1) is 10.0 Å². The molecule has 0 aromatic heterocycles. The molecule has 2 aromatic rings. The van der Waals surface area contributed by atoms with Crippen molar-refractivity contribution >= 4 is 29.5 Å². The molecule has 0 aliphatic carbocycles. The van der Waals surface area contributed by atoms with E-state index in [1.54, 1.807) is 0 Å². The third-order valence-electron chi connectivity index (χ3n) is 2.41. The molecule has 0 heterocycles. The first-order valence-corrected chi connectivity index (χ1v) is 5.68. The molecule has 5 heteroatoms. The fourth-order valence-corrected chi connectivity index (χ4v) is 2.31. The predicted molar refractivity (Wildman–Crippen MR) is 67.2 cm³/mol. The molecule has 0 spiro atoms. The lowest BCUT2D eigenvalue weighted by Crippen LogP contribution is -1.89. The van der Waals surface area contributed by atoms with Gasteiger partial charge in [0.25, 0.3) is 0 Å². The Labute approximate surface area is 112 Å². The van der Waals surface area contributed by atoms with Gasteiger partial charge in [0, 0.05) is 11.1 Å². The normalized spacial score (nSPS) is 10.4. The Hall–Kier alpha value is -1.45. The van der Waals surface area contributed by atoms with Gasteiger partial charge in [-0.3, -0.25) is 4.79 Å². The summed E-state index contributed by atoms with van der Waals surface area (Å²) < 4.78 is 26.0. The largest absolute Gasteiger partial charge is 0.298 e. The lowest BCUT2D eigenvalue weighted by Gasteiger charge is -2.08. The second-order valence-electron chi connectivity index (χ2n) is 3.61. The Kier molecular flexibility index (Phi) is 3.64. The van der Waals surface area contributed by atoms with Crippen LogP contribution in [0.15, 0.2) is 30.3 Å². The van der Waals surface area contributed by atoms with Crippen molar-refractivity contribution in [3.8, 4) is 11.1 Å². The van der Waals surface area contributed by atoms with Crippen molar-refractivity contribution in [2.24, 2.45) is 0 Å². The molecule has 2 aromatic carbocycles. The first kappa shape index (κ1) is 13.0. The Bertz CT molecular complexity index is 603. The van der Waals surface area contributed by atoms with Crippen LogP contribution in [0.25, 0.3) is 11.1 Å². The molecule has 2 rings (SSSR count). The third kappa shape index (κ3) is 2.37. The van der Waals surface area contributed by atoms with Gasteiger partial charge < -0.3 is 0 Å². The topological polar surface area (TPSA) is 17.1 Å². The molecule has 1 nitrogen and oxygen atoms in total. The zero-order chi connectivity index (χ0) is 13.3. The van der Waals surface area contributed by atoms with Gasteiger partial charge >= 0.3 is 0 Å². The van der Waals surface area contributed by atoms with Crippen LogP contribution >= 0.6 is 23.2 Å². The van der Waals surface area contributed by atoms with Crippen molar-refractivity contribution in [1.82, 2.24) is 0 Å². The van der Waals surface area contributed by atoms with Crippen molar-refractivity contribution in [2.45, 2.75) is 0 Å². The highest BCUT2D eigenvalue weighted by atomic mass is 35.5. The van der Waals surface area contributed by atoms with Gasteiger partial charge in [-0.1, -0.05) is 29.3 Å². The third-order valence-corrected chi connectivity index (χ3v) is 3.00. The monoisotopic (exact) mass is 286 g/mol. The number of hydrogen-bond donors (Lipinski definition) is 0. The van der Waals surface area contributed by atoms with Crippen LogP contribution in [0.2, 0.25) is 10.0 Å². The van der Waals surface area contributed by atoms with Crippen molar-refractivity contribution in [1.29, 1.82) is 0 Å². The Morgan fingerprint density at radius 3 is 2.06 bits per heavy atom. The maximum atomic E-state index is 13.2. The van der Waals surface area contributed by atoms with E-state index < -0.39 is 11.6 Å². The number of aldehydes is 1. The van der Waals surface area contributed by atoms with Crippen molar-refractivity contribution in [2.75, 3.05) is 0 Å². The van der Waals surface area contributed by atoms with Gasteiger partial charge in [0.1, 0.15) is 6.29 Å². The summed E-state index contributed by atoms with van der Waals surface area (Å²) in [5.74, 6) is -1.94. The van der Waals surface area contributed by atoms with Crippen molar-refractivity contribution in [3.05, 3.63) is 57.6 Å². The lowest BCUT2D eigenvalue weighted by atomic mass is 10.0. The fraction of sp³-hybridized carbons (Fsp3) is 0. The van der Waals surface area contributed by atoms with Gasteiger partial charge in [-0.15, -0.1) is 0 Å². The number of carbonyl (C=O) groups excluding carboxylic acids is 1. The molecule has 92 valence electrons. The SMILES string of the molecule is O=Cc1cc(Cl)c(-c2ccc(F)c(F)c2)c(Cl)c1. The second kappa shape index (κ2) is 5.04. The van der Waals surface area contributed by atoms with Crippen LogP contribution in [0.4, 0.5) is 8.78 Å². The van der Waals surface area contributed by atoms with Crippen LogP contribution < -0.4 is 0 Å². The number of rotatable bonds is 2. The van der Waals surface area contributed by atoms with E-state index in [0.717, 1.165) is 12.1 Å². The highest BCUT2D eigenvalue weighted by molar-refractivity contribution is 6.39. The highest BCUT2D eigenvalue weighted by Gasteiger charge is 2.12. The van der Waals surface area contributed by atoms with E-state index in [0.29, 0.717) is 23.0 Å². The summed E-state index contributed by atoms with van der Waals surface area (Å²) in [4.78, 5) is 10.6. The number of carbonyl (C=O) groups is 1. The number of halogens is 4. The standard InChI is InChI=1S/C13H6Cl2F2O/c14-9-3-7(6-18)4-10(15)13(9)8-1-2-11(16)12(17)5-8/h1-6H. The molecule has 0 bridgehead atoms. The molecule has 0 N–H and O–H groups in total. The minimum absolute atomic E-state index is 0.204. The summed E-state index contributed by atoms with van der Waals surface area (Å²) in [6.07, 6.45) is 0.604. The molecule has 0 fully saturated rings. The molecule has 0 amide bonds. The Morgan fingerprint density at radius 1 is 0.944 bits per heavy atom. The van der Waals surface area contributed by atoms with Crippen LogP contribution in [0.3, 0.4) is 0 Å². The molecule has 0 radical (unpaired) electrons. The lowest BCUT2D eigenvalue weighted by molar-refractivity contribution is 0.112. The number of hydrogen-bond acceptors (Lipinski definition) is 1. The maximum absolute atomic E-state index is 13.2. The van der Waals surface area contributed by atoms with Gasteiger partial charge in [0.2, 0.25) is 0 Å². The molecule has 0 aliphatic heterocycles. The Morgan fingerprint density at radius 2 is 1.56 bits per heavy atom. The van der Waals surface area contributed by atoms with Crippen LogP contribution in [0.5, 0.6) is 0 Å². The predicted octanol–water partition coefficient (Wildman–Crippen LogP) is 4.75. The van der Waals surface area contributed by atoms with Crippen LogP contribution in [-0.4, -0.2) is 6.29 Å². The quantitative estimate of drug-likeness (QED) is 0.728. The molecule has 0 saturated heterocycles. The van der Waals surface area contributed by atoms with E-state index in [9.17, 15) is 13.6 Å². The molecule has 18 heavy (non-hydrogen) atoms. The molecular weight excluding hydrogens is 281 g/mol. The summed E-state index contributed by atoms with van der Waals surface area (Å²) in [5.41, 5.74) is 1.03. The van der Waals surface area contributed by atoms with E-state index in [2.05, 4.69) is 0 Å². The smallest absolute Gasteiger partial charge is 0.159 e. The van der Waals surface area contributed by atoms with E-state index >= 15 is 0 Å². The summed E-state index contributed by atoms with van der Waals surface area (Å²) in [6.45, 7) is 0. The van der Waals surface area contributed by atoms with E-state index in [4.69, 9.17) is 23.2 Å². The first-order chi connectivity index (χ1) is 8.52. The molecule has 0 unspecified atom stereocenters. The van der Waals surface area contributed by atoms with E-state index in [1.807, 2.05) is 0 Å².